The number of hydrogen-bond acceptors (Lipinski definition) is 3. The number of hydrogen-bond donors (Lipinski definition) is 1. The predicted octanol–water partition coefficient (Wildman–Crippen LogP) is 1.98. The van der Waals surface area contributed by atoms with Gasteiger partial charge in [-0.1, -0.05) is 18.2 Å². The molecule has 0 bridgehead atoms. The third kappa shape index (κ3) is 3.83. The van der Waals surface area contributed by atoms with Crippen LogP contribution in [-0.4, -0.2) is 63.8 Å². The Kier molecular flexibility index (Phi) is 5.61. The van der Waals surface area contributed by atoms with Crippen molar-refractivity contribution in [1.82, 2.24) is 10.2 Å². The van der Waals surface area contributed by atoms with Gasteiger partial charge in [-0.3, -0.25) is 4.99 Å². The van der Waals surface area contributed by atoms with E-state index in [4.69, 9.17) is 4.74 Å². The summed E-state index contributed by atoms with van der Waals surface area (Å²) in [6, 6.07) is 9.32. The van der Waals surface area contributed by atoms with Gasteiger partial charge in [0.2, 0.25) is 0 Å². The van der Waals surface area contributed by atoms with Crippen LogP contribution in [0.5, 0.6) is 0 Å². The van der Waals surface area contributed by atoms with Gasteiger partial charge < -0.3 is 19.9 Å². The Morgan fingerprint density at radius 3 is 3.00 bits per heavy atom. The van der Waals surface area contributed by atoms with Gasteiger partial charge in [0.1, 0.15) is 0 Å². The molecule has 2 heterocycles. The maximum atomic E-state index is 5.47. The van der Waals surface area contributed by atoms with Gasteiger partial charge in [-0.05, 0) is 31.4 Å². The zero-order valence-corrected chi connectivity index (χ0v) is 15.2. The van der Waals surface area contributed by atoms with Crippen LogP contribution < -0.4 is 10.2 Å². The number of guanidine groups is 1. The Hall–Kier alpha value is -1.75. The van der Waals surface area contributed by atoms with E-state index in [1.54, 1.807) is 0 Å². The first-order valence-electron chi connectivity index (χ1n) is 9.03. The van der Waals surface area contributed by atoms with Gasteiger partial charge in [0, 0.05) is 58.0 Å². The molecule has 0 amide bonds. The number of ether oxygens (including phenoxy) is 1. The molecule has 1 saturated heterocycles. The summed E-state index contributed by atoms with van der Waals surface area (Å²) in [4.78, 5) is 9.15. The Morgan fingerprint density at radius 2 is 2.25 bits per heavy atom. The van der Waals surface area contributed by atoms with Crippen molar-refractivity contribution in [3.05, 3.63) is 29.8 Å². The summed E-state index contributed by atoms with van der Waals surface area (Å²) in [6.45, 7) is 6.98. The maximum absolute atomic E-state index is 5.47. The molecule has 5 heteroatoms. The van der Waals surface area contributed by atoms with Crippen molar-refractivity contribution in [2.24, 2.45) is 10.9 Å². The van der Waals surface area contributed by atoms with Gasteiger partial charge in [-0.25, -0.2) is 0 Å². The van der Waals surface area contributed by atoms with Crippen LogP contribution in [0.25, 0.3) is 0 Å². The number of nitrogens with zero attached hydrogens (tertiary/aromatic N) is 3. The Labute approximate surface area is 145 Å². The molecule has 3 rings (SSSR count). The summed E-state index contributed by atoms with van der Waals surface area (Å²) in [7, 11) is 3.97. The first-order chi connectivity index (χ1) is 11.7. The second-order valence-corrected chi connectivity index (χ2v) is 6.96. The first kappa shape index (κ1) is 17.1. The van der Waals surface area contributed by atoms with Crippen LogP contribution >= 0.6 is 0 Å². The molecule has 1 N–H and O–H groups in total. The Morgan fingerprint density at radius 1 is 1.42 bits per heavy atom. The average Bonchev–Trinajstić information content (AvgIpc) is 3.19. The zero-order valence-electron chi connectivity index (χ0n) is 15.2. The maximum Gasteiger partial charge on any atom is 0.193 e. The molecule has 2 aliphatic heterocycles. The quantitative estimate of drug-likeness (QED) is 0.662. The fourth-order valence-electron chi connectivity index (χ4n) is 3.84. The molecule has 2 atom stereocenters. The zero-order chi connectivity index (χ0) is 16.9. The highest BCUT2D eigenvalue weighted by Gasteiger charge is 2.25. The Bertz CT molecular complexity index is 568. The van der Waals surface area contributed by atoms with E-state index in [1.165, 1.54) is 11.3 Å². The summed E-state index contributed by atoms with van der Waals surface area (Å²) in [5.41, 5.74) is 2.85. The molecule has 2 aliphatic rings. The number of anilines is 1. The van der Waals surface area contributed by atoms with Crippen LogP contribution in [0.2, 0.25) is 0 Å². The van der Waals surface area contributed by atoms with Gasteiger partial charge in [0.05, 0.1) is 6.61 Å². The van der Waals surface area contributed by atoms with E-state index in [0.29, 0.717) is 12.0 Å². The lowest BCUT2D eigenvalue weighted by atomic mass is 10.1. The largest absolute Gasteiger partial charge is 0.381 e. The molecule has 5 nitrogen and oxygen atoms in total. The second kappa shape index (κ2) is 7.88. The normalized spacial score (nSPS) is 23.5. The molecule has 132 valence electrons. The number of rotatable bonds is 5. The molecule has 2 unspecified atom stereocenters. The molecule has 0 aromatic heterocycles. The van der Waals surface area contributed by atoms with Crippen molar-refractivity contribution >= 4 is 11.6 Å². The third-order valence-electron chi connectivity index (χ3n) is 5.11. The van der Waals surface area contributed by atoms with Crippen molar-refractivity contribution < 1.29 is 4.74 Å². The van der Waals surface area contributed by atoms with E-state index < -0.39 is 0 Å². The van der Waals surface area contributed by atoms with Crippen LogP contribution in [-0.2, 0) is 11.2 Å². The van der Waals surface area contributed by atoms with E-state index in [9.17, 15) is 0 Å². The summed E-state index contributed by atoms with van der Waals surface area (Å²) in [5.74, 6) is 1.60. The molecule has 0 spiro atoms. The van der Waals surface area contributed by atoms with Crippen LogP contribution in [0.4, 0.5) is 5.69 Å². The van der Waals surface area contributed by atoms with E-state index in [2.05, 4.69) is 58.3 Å². The SMILES string of the molecule is CN=C(NCCN1c2ccccc2CC1C)N(C)CC1CCOC1. The Balaban J connectivity index is 1.49. The molecule has 1 fully saturated rings. The predicted molar refractivity (Wildman–Crippen MR) is 99.9 cm³/mol. The van der Waals surface area contributed by atoms with Gasteiger partial charge in [0.15, 0.2) is 5.96 Å². The van der Waals surface area contributed by atoms with Crippen molar-refractivity contribution in [2.75, 3.05) is 51.8 Å². The highest BCUT2D eigenvalue weighted by atomic mass is 16.5. The van der Waals surface area contributed by atoms with Gasteiger partial charge >= 0.3 is 0 Å². The number of fused-ring (bicyclic) bond motifs is 1. The molecule has 0 radical (unpaired) electrons. The lowest BCUT2D eigenvalue weighted by Gasteiger charge is -2.28. The average molecular weight is 330 g/mol. The lowest BCUT2D eigenvalue weighted by molar-refractivity contribution is 0.181. The van der Waals surface area contributed by atoms with E-state index >= 15 is 0 Å². The molecule has 24 heavy (non-hydrogen) atoms. The van der Waals surface area contributed by atoms with Gasteiger partial charge in [-0.2, -0.15) is 0 Å². The molecule has 0 saturated carbocycles. The lowest BCUT2D eigenvalue weighted by Crippen LogP contribution is -2.45. The van der Waals surface area contributed by atoms with Gasteiger partial charge in [-0.15, -0.1) is 0 Å². The topological polar surface area (TPSA) is 40.1 Å². The number of aliphatic imine (C=N–C) groups is 1. The minimum atomic E-state index is 0.569. The first-order valence-corrected chi connectivity index (χ1v) is 9.03. The van der Waals surface area contributed by atoms with Crippen molar-refractivity contribution in [2.45, 2.75) is 25.8 Å². The minimum absolute atomic E-state index is 0.569. The molecular formula is C19H30N4O. The van der Waals surface area contributed by atoms with E-state index in [0.717, 1.165) is 51.6 Å². The van der Waals surface area contributed by atoms with E-state index in [-0.39, 0.29) is 0 Å². The second-order valence-electron chi connectivity index (χ2n) is 6.96. The van der Waals surface area contributed by atoms with E-state index in [1.807, 2.05) is 7.05 Å². The summed E-state index contributed by atoms with van der Waals surface area (Å²) in [5, 5.41) is 3.51. The fraction of sp³-hybridized carbons (Fsp3) is 0.632. The van der Waals surface area contributed by atoms with Crippen molar-refractivity contribution in [3.63, 3.8) is 0 Å². The highest BCUT2D eigenvalue weighted by molar-refractivity contribution is 5.79. The summed E-state index contributed by atoms with van der Waals surface area (Å²) >= 11 is 0. The molecule has 1 aromatic rings. The van der Waals surface area contributed by atoms with Crippen LogP contribution in [0.3, 0.4) is 0 Å². The highest BCUT2D eigenvalue weighted by Crippen LogP contribution is 2.31. The smallest absolute Gasteiger partial charge is 0.193 e. The number of benzene rings is 1. The summed E-state index contributed by atoms with van der Waals surface area (Å²) in [6.07, 6.45) is 2.30. The molecule has 0 aliphatic carbocycles. The van der Waals surface area contributed by atoms with Crippen molar-refractivity contribution in [3.8, 4) is 0 Å². The van der Waals surface area contributed by atoms with Crippen LogP contribution in [0, 0.1) is 5.92 Å². The van der Waals surface area contributed by atoms with Gasteiger partial charge in [0.25, 0.3) is 0 Å². The minimum Gasteiger partial charge on any atom is -0.381 e. The third-order valence-corrected chi connectivity index (χ3v) is 5.11. The summed E-state index contributed by atoms with van der Waals surface area (Å²) < 4.78 is 5.47. The fourth-order valence-corrected chi connectivity index (χ4v) is 3.84. The van der Waals surface area contributed by atoms with Crippen LogP contribution in [0.15, 0.2) is 29.3 Å². The number of nitrogens with one attached hydrogen (secondary N) is 1. The van der Waals surface area contributed by atoms with Crippen LogP contribution in [0.1, 0.15) is 18.9 Å². The standard InChI is InChI=1S/C19H30N4O/c1-15-12-17-6-4-5-7-18(17)23(15)10-9-21-19(20-2)22(3)13-16-8-11-24-14-16/h4-7,15-16H,8-14H2,1-3H3,(H,20,21). The monoisotopic (exact) mass is 330 g/mol. The molecule has 1 aromatic carbocycles. The molecular weight excluding hydrogens is 300 g/mol. The van der Waals surface area contributed by atoms with Crippen molar-refractivity contribution in [1.29, 1.82) is 0 Å². The number of para-hydroxylation sites is 1.